The quantitative estimate of drug-likeness (QED) is 0.617. The lowest BCUT2D eigenvalue weighted by Crippen LogP contribution is -2.29. The van der Waals surface area contributed by atoms with Crippen molar-refractivity contribution in [3.63, 3.8) is 0 Å². The van der Waals surface area contributed by atoms with E-state index < -0.39 is 23.6 Å². The van der Waals surface area contributed by atoms with Gasteiger partial charge in [0.1, 0.15) is 5.82 Å². The van der Waals surface area contributed by atoms with Gasteiger partial charge in [-0.1, -0.05) is 30.3 Å². The van der Waals surface area contributed by atoms with Gasteiger partial charge in [-0.25, -0.2) is 8.78 Å². The van der Waals surface area contributed by atoms with E-state index in [1.807, 2.05) is 30.3 Å². The van der Waals surface area contributed by atoms with Crippen LogP contribution in [0, 0.1) is 11.6 Å². The molecule has 0 aromatic heterocycles. The van der Waals surface area contributed by atoms with Gasteiger partial charge in [0.15, 0.2) is 11.6 Å². The van der Waals surface area contributed by atoms with Crippen LogP contribution in [0.4, 0.5) is 8.78 Å². The second-order valence-corrected chi connectivity index (χ2v) is 5.99. The summed E-state index contributed by atoms with van der Waals surface area (Å²) >= 11 is 0. The van der Waals surface area contributed by atoms with Gasteiger partial charge in [-0.05, 0) is 30.5 Å². The molecule has 1 amide bonds. The van der Waals surface area contributed by atoms with Crippen molar-refractivity contribution in [1.29, 1.82) is 0 Å². The molecule has 0 aliphatic heterocycles. The molecule has 0 fully saturated rings. The van der Waals surface area contributed by atoms with Crippen molar-refractivity contribution < 1.29 is 28.2 Å². The number of hydrogen-bond donors (Lipinski definition) is 2. The molecule has 0 radical (unpaired) electrons. The van der Waals surface area contributed by atoms with E-state index in [0.29, 0.717) is 6.42 Å². The predicted molar refractivity (Wildman–Crippen MR) is 95.3 cm³/mol. The maximum Gasteiger partial charge on any atom is 0.303 e. The van der Waals surface area contributed by atoms with Crippen LogP contribution in [0.25, 0.3) is 0 Å². The predicted octanol–water partition coefficient (Wildman–Crippen LogP) is 3.85. The van der Waals surface area contributed by atoms with Crippen molar-refractivity contribution >= 4 is 11.9 Å². The van der Waals surface area contributed by atoms with Crippen LogP contribution in [0.3, 0.4) is 0 Å². The first kappa shape index (κ1) is 20.4. The molecular weight excluding hydrogens is 356 g/mol. The standard InChI is InChI=1S/C20H21F2NO4/c21-15-8-10-18(16(22)13-15)27-12-4-7-19(24)23-17(9-11-20(25)26)14-5-2-1-3-6-14/h1-3,5-6,8,10,13,17H,4,7,9,11-12H2,(H,23,24)(H,25,26). The number of nitrogens with one attached hydrogen (secondary N) is 1. The van der Waals surface area contributed by atoms with Gasteiger partial charge in [0.2, 0.25) is 5.91 Å². The minimum Gasteiger partial charge on any atom is -0.491 e. The zero-order chi connectivity index (χ0) is 19.6. The Balaban J connectivity index is 1.81. The minimum atomic E-state index is -0.931. The Bertz CT molecular complexity index is 768. The van der Waals surface area contributed by atoms with E-state index in [1.54, 1.807) is 0 Å². The first-order chi connectivity index (χ1) is 13.0. The number of carboxylic acids is 1. The average Bonchev–Trinajstić information content (AvgIpc) is 2.64. The fourth-order valence-electron chi connectivity index (χ4n) is 2.55. The zero-order valence-corrected chi connectivity index (χ0v) is 14.7. The highest BCUT2D eigenvalue weighted by molar-refractivity contribution is 5.76. The SMILES string of the molecule is O=C(O)CCC(NC(=O)CCCOc1ccc(F)cc1F)c1ccccc1. The summed E-state index contributed by atoms with van der Waals surface area (Å²) in [4.78, 5) is 23.0. The van der Waals surface area contributed by atoms with Crippen molar-refractivity contribution in [2.75, 3.05) is 6.61 Å². The highest BCUT2D eigenvalue weighted by Gasteiger charge is 2.16. The molecular formula is C20H21F2NO4. The van der Waals surface area contributed by atoms with Gasteiger partial charge in [0, 0.05) is 18.9 Å². The Morgan fingerprint density at radius 3 is 2.48 bits per heavy atom. The summed E-state index contributed by atoms with van der Waals surface area (Å²) in [5, 5.41) is 11.7. The summed E-state index contributed by atoms with van der Waals surface area (Å²) < 4.78 is 31.5. The molecule has 2 rings (SSSR count). The first-order valence-corrected chi connectivity index (χ1v) is 8.59. The largest absolute Gasteiger partial charge is 0.491 e. The summed E-state index contributed by atoms with van der Waals surface area (Å²) in [5.74, 6) is -2.73. The van der Waals surface area contributed by atoms with Gasteiger partial charge < -0.3 is 15.2 Å². The maximum absolute atomic E-state index is 13.5. The second kappa shape index (κ2) is 10.3. The number of ether oxygens (including phenoxy) is 1. The van der Waals surface area contributed by atoms with E-state index in [1.165, 1.54) is 6.07 Å². The summed E-state index contributed by atoms with van der Waals surface area (Å²) in [7, 11) is 0. The molecule has 0 bridgehead atoms. The molecule has 0 spiro atoms. The molecule has 5 nitrogen and oxygen atoms in total. The summed E-state index contributed by atoms with van der Waals surface area (Å²) in [5.41, 5.74) is 0.830. The summed E-state index contributed by atoms with van der Waals surface area (Å²) in [6, 6.07) is 11.8. The number of rotatable bonds is 10. The zero-order valence-electron chi connectivity index (χ0n) is 14.7. The molecule has 2 aromatic carbocycles. The highest BCUT2D eigenvalue weighted by atomic mass is 19.1. The van der Waals surface area contributed by atoms with Crippen LogP contribution >= 0.6 is 0 Å². The summed E-state index contributed by atoms with van der Waals surface area (Å²) in [6.07, 6.45) is 0.692. The van der Waals surface area contributed by atoms with E-state index in [-0.39, 0.29) is 37.5 Å². The topological polar surface area (TPSA) is 75.6 Å². The van der Waals surface area contributed by atoms with Gasteiger partial charge >= 0.3 is 5.97 Å². The van der Waals surface area contributed by atoms with Crippen LogP contribution in [0.1, 0.15) is 37.3 Å². The number of carboxylic acid groups (broad SMARTS) is 1. The maximum atomic E-state index is 13.5. The fourth-order valence-corrected chi connectivity index (χ4v) is 2.55. The molecule has 144 valence electrons. The van der Waals surface area contributed by atoms with Crippen molar-refractivity contribution in [3.8, 4) is 5.75 Å². The normalized spacial score (nSPS) is 11.6. The molecule has 1 atom stereocenters. The number of amides is 1. The van der Waals surface area contributed by atoms with E-state index in [9.17, 15) is 18.4 Å². The van der Waals surface area contributed by atoms with E-state index in [0.717, 1.165) is 17.7 Å². The molecule has 27 heavy (non-hydrogen) atoms. The molecule has 2 N–H and O–H groups in total. The summed E-state index contributed by atoms with van der Waals surface area (Å²) in [6.45, 7) is 0.0983. The lowest BCUT2D eigenvalue weighted by Gasteiger charge is -2.18. The molecule has 1 unspecified atom stereocenters. The number of hydrogen-bond acceptors (Lipinski definition) is 3. The van der Waals surface area contributed by atoms with Crippen LogP contribution in [0.2, 0.25) is 0 Å². The van der Waals surface area contributed by atoms with Gasteiger partial charge in [0.05, 0.1) is 12.6 Å². The van der Waals surface area contributed by atoms with Crippen molar-refractivity contribution in [1.82, 2.24) is 5.32 Å². The Morgan fingerprint density at radius 1 is 1.07 bits per heavy atom. The average molecular weight is 377 g/mol. The molecule has 0 heterocycles. The fraction of sp³-hybridized carbons (Fsp3) is 0.300. The molecule has 0 saturated heterocycles. The van der Waals surface area contributed by atoms with E-state index in [2.05, 4.69) is 5.32 Å². The monoisotopic (exact) mass is 377 g/mol. The smallest absolute Gasteiger partial charge is 0.303 e. The van der Waals surface area contributed by atoms with Crippen LogP contribution in [-0.2, 0) is 9.59 Å². The Kier molecular flexibility index (Phi) is 7.73. The number of halogens is 2. The Labute approximate surface area is 156 Å². The Hall–Kier alpha value is -2.96. The molecule has 7 heteroatoms. The lowest BCUT2D eigenvalue weighted by molar-refractivity contribution is -0.137. The number of benzene rings is 2. The van der Waals surface area contributed by atoms with Gasteiger partial charge in [0.25, 0.3) is 0 Å². The molecule has 2 aromatic rings. The number of aliphatic carboxylic acids is 1. The third kappa shape index (κ3) is 7.05. The first-order valence-electron chi connectivity index (χ1n) is 8.59. The van der Waals surface area contributed by atoms with Gasteiger partial charge in [-0.3, -0.25) is 9.59 Å². The third-order valence-corrected chi connectivity index (χ3v) is 3.88. The van der Waals surface area contributed by atoms with Crippen LogP contribution < -0.4 is 10.1 Å². The van der Waals surface area contributed by atoms with Crippen LogP contribution in [-0.4, -0.2) is 23.6 Å². The number of carbonyl (C=O) groups excluding carboxylic acids is 1. The lowest BCUT2D eigenvalue weighted by atomic mass is 10.0. The van der Waals surface area contributed by atoms with Gasteiger partial charge in [-0.2, -0.15) is 0 Å². The van der Waals surface area contributed by atoms with Crippen molar-refractivity contribution in [2.45, 2.75) is 31.7 Å². The highest BCUT2D eigenvalue weighted by Crippen LogP contribution is 2.19. The van der Waals surface area contributed by atoms with E-state index >= 15 is 0 Å². The minimum absolute atomic E-state index is 0.0627. The van der Waals surface area contributed by atoms with Crippen molar-refractivity contribution in [2.24, 2.45) is 0 Å². The Morgan fingerprint density at radius 2 is 1.81 bits per heavy atom. The molecule has 0 saturated carbocycles. The second-order valence-electron chi connectivity index (χ2n) is 5.99. The number of carbonyl (C=O) groups is 2. The molecule has 0 aliphatic carbocycles. The van der Waals surface area contributed by atoms with Gasteiger partial charge in [-0.15, -0.1) is 0 Å². The van der Waals surface area contributed by atoms with Crippen molar-refractivity contribution in [3.05, 3.63) is 65.7 Å². The van der Waals surface area contributed by atoms with E-state index in [4.69, 9.17) is 9.84 Å². The third-order valence-electron chi connectivity index (χ3n) is 3.88. The van der Waals surface area contributed by atoms with Crippen LogP contribution in [0.5, 0.6) is 5.75 Å². The molecule has 0 aliphatic rings. The van der Waals surface area contributed by atoms with Crippen LogP contribution in [0.15, 0.2) is 48.5 Å².